The van der Waals surface area contributed by atoms with Gasteiger partial charge in [-0.1, -0.05) is 19.1 Å². The Morgan fingerprint density at radius 3 is 2.68 bits per heavy atom. The van der Waals surface area contributed by atoms with Crippen LogP contribution in [0.4, 0.5) is 0 Å². The molecule has 0 bridgehead atoms. The number of nitrogens with two attached hydrogens (primary N) is 1. The average Bonchev–Trinajstić information content (AvgIpc) is 2.43. The molecule has 1 heterocycles. The van der Waals surface area contributed by atoms with Crippen molar-refractivity contribution in [3.05, 3.63) is 41.6 Å². The first-order valence-corrected chi connectivity index (χ1v) is 6.90. The number of fused-ring (bicyclic) bond motifs is 1. The molecule has 1 aromatic heterocycles. The molecule has 1 aromatic carbocycles. The Balaban J connectivity index is 2.32. The Kier molecular flexibility index (Phi) is 4.51. The zero-order valence-corrected chi connectivity index (χ0v) is 11.9. The molecule has 0 saturated carbocycles. The van der Waals surface area contributed by atoms with Crippen molar-refractivity contribution in [1.29, 1.82) is 0 Å². The Hall–Kier alpha value is -1.45. The smallest absolute Gasteiger partial charge is 0.0764 e. The SMILES string of the molecule is CCOC(CC)C(N)c1ccc2nc(C)ccc2c1. The third kappa shape index (κ3) is 3.11. The molecule has 0 saturated heterocycles. The lowest BCUT2D eigenvalue weighted by molar-refractivity contribution is 0.0414. The van der Waals surface area contributed by atoms with E-state index in [1.165, 1.54) is 0 Å². The highest BCUT2D eigenvalue weighted by atomic mass is 16.5. The zero-order chi connectivity index (χ0) is 13.8. The van der Waals surface area contributed by atoms with Crippen LogP contribution in [0.1, 0.15) is 37.6 Å². The highest BCUT2D eigenvalue weighted by Crippen LogP contribution is 2.23. The number of nitrogens with zero attached hydrogens (tertiary/aromatic N) is 1. The first-order valence-electron chi connectivity index (χ1n) is 6.90. The van der Waals surface area contributed by atoms with Gasteiger partial charge in [-0.2, -0.15) is 0 Å². The zero-order valence-electron chi connectivity index (χ0n) is 11.9. The molecule has 2 aromatic rings. The topological polar surface area (TPSA) is 48.1 Å². The van der Waals surface area contributed by atoms with Gasteiger partial charge in [0.05, 0.1) is 17.7 Å². The number of aromatic nitrogens is 1. The van der Waals surface area contributed by atoms with E-state index in [2.05, 4.69) is 30.1 Å². The molecule has 19 heavy (non-hydrogen) atoms. The lowest BCUT2D eigenvalue weighted by Gasteiger charge is -2.23. The lowest BCUT2D eigenvalue weighted by atomic mass is 9.98. The van der Waals surface area contributed by atoms with Crippen molar-refractivity contribution < 1.29 is 4.74 Å². The number of pyridine rings is 1. The maximum atomic E-state index is 6.31. The van der Waals surface area contributed by atoms with Crippen LogP contribution < -0.4 is 5.73 Å². The average molecular weight is 258 g/mol. The maximum absolute atomic E-state index is 6.31. The van der Waals surface area contributed by atoms with Crippen LogP contribution >= 0.6 is 0 Å². The second kappa shape index (κ2) is 6.13. The van der Waals surface area contributed by atoms with E-state index >= 15 is 0 Å². The molecule has 0 aliphatic rings. The molecule has 0 aliphatic heterocycles. The number of hydrogen-bond donors (Lipinski definition) is 1. The molecule has 0 fully saturated rings. The van der Waals surface area contributed by atoms with Crippen molar-refractivity contribution in [2.24, 2.45) is 5.73 Å². The van der Waals surface area contributed by atoms with Gasteiger partial charge in [-0.05, 0) is 44.0 Å². The Labute approximate surface area is 114 Å². The van der Waals surface area contributed by atoms with E-state index in [1.807, 2.05) is 26.0 Å². The monoisotopic (exact) mass is 258 g/mol. The minimum absolute atomic E-state index is 0.0702. The Bertz CT molecular complexity index is 553. The summed E-state index contributed by atoms with van der Waals surface area (Å²) in [6.07, 6.45) is 0.986. The van der Waals surface area contributed by atoms with Gasteiger partial charge in [-0.15, -0.1) is 0 Å². The fraction of sp³-hybridized carbons (Fsp3) is 0.438. The number of hydrogen-bond acceptors (Lipinski definition) is 3. The van der Waals surface area contributed by atoms with E-state index in [0.717, 1.165) is 28.6 Å². The van der Waals surface area contributed by atoms with Crippen LogP contribution in [0.2, 0.25) is 0 Å². The van der Waals surface area contributed by atoms with Crippen LogP contribution in [0.3, 0.4) is 0 Å². The predicted molar refractivity (Wildman–Crippen MR) is 79.1 cm³/mol. The van der Waals surface area contributed by atoms with Crippen molar-refractivity contribution in [2.45, 2.75) is 39.3 Å². The standard InChI is InChI=1S/C16H22N2O/c1-4-15(19-5-2)16(17)13-8-9-14-12(10-13)7-6-11(3)18-14/h6-10,15-16H,4-5,17H2,1-3H3. The van der Waals surface area contributed by atoms with Gasteiger partial charge in [-0.3, -0.25) is 4.98 Å². The van der Waals surface area contributed by atoms with Crippen molar-refractivity contribution in [3.8, 4) is 0 Å². The second-order valence-electron chi connectivity index (χ2n) is 4.83. The van der Waals surface area contributed by atoms with E-state index in [9.17, 15) is 0 Å². The molecular formula is C16H22N2O. The van der Waals surface area contributed by atoms with Crippen LogP contribution in [-0.4, -0.2) is 17.7 Å². The summed E-state index contributed by atoms with van der Waals surface area (Å²) in [6.45, 7) is 6.80. The van der Waals surface area contributed by atoms with E-state index in [1.54, 1.807) is 0 Å². The third-order valence-electron chi connectivity index (χ3n) is 3.42. The van der Waals surface area contributed by atoms with Gasteiger partial charge >= 0.3 is 0 Å². The summed E-state index contributed by atoms with van der Waals surface area (Å²) in [5, 5.41) is 1.13. The van der Waals surface area contributed by atoms with Crippen LogP contribution in [0.15, 0.2) is 30.3 Å². The van der Waals surface area contributed by atoms with Crippen LogP contribution in [0, 0.1) is 6.92 Å². The molecule has 0 amide bonds. The molecule has 2 atom stereocenters. The van der Waals surface area contributed by atoms with Crippen molar-refractivity contribution >= 4 is 10.9 Å². The lowest BCUT2D eigenvalue weighted by Crippen LogP contribution is -2.28. The summed E-state index contributed by atoms with van der Waals surface area (Å²) in [7, 11) is 0. The molecule has 102 valence electrons. The van der Waals surface area contributed by atoms with E-state index in [0.29, 0.717) is 6.61 Å². The molecule has 0 radical (unpaired) electrons. The molecule has 2 N–H and O–H groups in total. The summed E-state index contributed by atoms with van der Waals surface area (Å²) >= 11 is 0. The molecule has 2 rings (SSSR count). The maximum Gasteiger partial charge on any atom is 0.0764 e. The molecule has 0 aliphatic carbocycles. The molecule has 2 unspecified atom stereocenters. The van der Waals surface area contributed by atoms with E-state index in [4.69, 9.17) is 10.5 Å². The Morgan fingerprint density at radius 2 is 2.00 bits per heavy atom. The minimum atomic E-state index is -0.0874. The van der Waals surface area contributed by atoms with Crippen molar-refractivity contribution in [3.63, 3.8) is 0 Å². The van der Waals surface area contributed by atoms with Gasteiger partial charge < -0.3 is 10.5 Å². The summed E-state index contributed by atoms with van der Waals surface area (Å²) in [5.41, 5.74) is 9.47. The van der Waals surface area contributed by atoms with Gasteiger partial charge in [0.1, 0.15) is 0 Å². The summed E-state index contributed by atoms with van der Waals surface area (Å²) < 4.78 is 5.70. The minimum Gasteiger partial charge on any atom is -0.377 e. The van der Waals surface area contributed by atoms with E-state index < -0.39 is 0 Å². The van der Waals surface area contributed by atoms with Crippen LogP contribution in [0.5, 0.6) is 0 Å². The summed E-state index contributed by atoms with van der Waals surface area (Å²) in [5.74, 6) is 0. The summed E-state index contributed by atoms with van der Waals surface area (Å²) in [4.78, 5) is 4.51. The third-order valence-corrected chi connectivity index (χ3v) is 3.42. The van der Waals surface area contributed by atoms with Crippen LogP contribution in [-0.2, 0) is 4.74 Å². The Morgan fingerprint density at radius 1 is 1.21 bits per heavy atom. The van der Waals surface area contributed by atoms with Gasteiger partial charge in [0, 0.05) is 17.7 Å². The number of aryl methyl sites for hydroxylation is 1. The van der Waals surface area contributed by atoms with Crippen molar-refractivity contribution in [2.75, 3.05) is 6.61 Å². The summed E-state index contributed by atoms with van der Waals surface area (Å²) in [6, 6.07) is 10.2. The quantitative estimate of drug-likeness (QED) is 0.894. The largest absolute Gasteiger partial charge is 0.377 e. The first kappa shape index (κ1) is 14.0. The second-order valence-corrected chi connectivity index (χ2v) is 4.83. The van der Waals surface area contributed by atoms with Gasteiger partial charge in [0.15, 0.2) is 0 Å². The molecule has 3 heteroatoms. The highest BCUT2D eigenvalue weighted by Gasteiger charge is 2.18. The van der Waals surface area contributed by atoms with Gasteiger partial charge in [0.25, 0.3) is 0 Å². The predicted octanol–water partition coefficient (Wildman–Crippen LogP) is 3.36. The first-order chi connectivity index (χ1) is 9.15. The van der Waals surface area contributed by atoms with Crippen molar-refractivity contribution in [1.82, 2.24) is 4.98 Å². The van der Waals surface area contributed by atoms with Crippen LogP contribution in [0.25, 0.3) is 10.9 Å². The molecular weight excluding hydrogens is 236 g/mol. The molecule has 3 nitrogen and oxygen atoms in total. The fourth-order valence-electron chi connectivity index (χ4n) is 2.36. The van der Waals surface area contributed by atoms with E-state index in [-0.39, 0.29) is 12.1 Å². The highest BCUT2D eigenvalue weighted by molar-refractivity contribution is 5.79. The van der Waals surface area contributed by atoms with Gasteiger partial charge in [0.2, 0.25) is 0 Å². The number of ether oxygens (including phenoxy) is 1. The number of benzene rings is 1. The number of rotatable bonds is 5. The van der Waals surface area contributed by atoms with Gasteiger partial charge in [-0.25, -0.2) is 0 Å². The fourth-order valence-corrected chi connectivity index (χ4v) is 2.36. The normalized spacial score (nSPS) is 14.5. The molecule has 0 spiro atoms.